The Morgan fingerprint density at radius 2 is 1.82 bits per heavy atom. The zero-order valence-electron chi connectivity index (χ0n) is 23.5. The van der Waals surface area contributed by atoms with E-state index in [4.69, 9.17) is 16.2 Å². The van der Waals surface area contributed by atoms with Gasteiger partial charge in [0, 0.05) is 19.6 Å². The molecule has 2 rings (SSSR count). The van der Waals surface area contributed by atoms with E-state index in [2.05, 4.69) is 20.6 Å². The van der Waals surface area contributed by atoms with Gasteiger partial charge < -0.3 is 41.8 Å². The number of carbonyl (C=O) groups is 3. The molecule has 0 spiro atoms. The van der Waals surface area contributed by atoms with E-state index in [1.54, 1.807) is 6.92 Å². The van der Waals surface area contributed by atoms with E-state index in [9.17, 15) is 19.5 Å². The number of halogens is 1. The fraction of sp³-hybridized carbons (Fsp3) is 0.593. The molecular formula is C27H43ClN7O5-. The molecule has 40 heavy (non-hydrogen) atoms. The maximum atomic E-state index is 13.6. The molecule has 0 aliphatic carbocycles. The van der Waals surface area contributed by atoms with Crippen LogP contribution in [0.5, 0.6) is 0 Å². The van der Waals surface area contributed by atoms with Gasteiger partial charge in [-0.3, -0.25) is 14.6 Å². The van der Waals surface area contributed by atoms with Crippen LogP contribution in [0.1, 0.15) is 58.4 Å². The third kappa shape index (κ3) is 11.7. The quantitative estimate of drug-likeness (QED) is 0.144. The number of rotatable bonds is 14. The van der Waals surface area contributed by atoms with E-state index >= 15 is 0 Å². The second kappa shape index (κ2) is 17.9. The molecular weight excluding hydrogens is 538 g/mol. The molecule has 1 aliphatic rings. The van der Waals surface area contributed by atoms with Crippen molar-refractivity contribution in [3.63, 3.8) is 0 Å². The van der Waals surface area contributed by atoms with Crippen molar-refractivity contribution in [3.05, 3.63) is 35.9 Å². The van der Waals surface area contributed by atoms with Gasteiger partial charge in [-0.1, -0.05) is 44.2 Å². The molecule has 1 saturated heterocycles. The van der Waals surface area contributed by atoms with Crippen LogP contribution in [0, 0.1) is 5.92 Å². The predicted octanol–water partition coefficient (Wildman–Crippen LogP) is 1.06. The van der Waals surface area contributed by atoms with Gasteiger partial charge in [0.25, 0.3) is 0 Å². The number of nitrogens with one attached hydrogen (secondary N) is 2. The van der Waals surface area contributed by atoms with Gasteiger partial charge >= 0.3 is 6.09 Å². The number of ether oxygens (including phenoxy) is 1. The lowest BCUT2D eigenvalue weighted by atomic mass is 10.0. The lowest BCUT2D eigenvalue weighted by Crippen LogP contribution is -2.56. The Bertz CT molecular complexity index is 1000. The summed E-state index contributed by atoms with van der Waals surface area (Å²) in [5.41, 5.74) is 11.6. The van der Waals surface area contributed by atoms with Gasteiger partial charge in [-0.15, -0.1) is 12.4 Å². The fourth-order valence-electron chi connectivity index (χ4n) is 4.39. The SMILES string of the molecule is CCN=C([O-])[C@@H]1CCCN1C(=O)[C@H](CCCN=C(N)N)NC(=O)[C@H](CC(C)C)NC(=O)OCc1ccccc1.Cl. The molecule has 1 aliphatic heterocycles. The zero-order valence-corrected chi connectivity index (χ0v) is 24.3. The molecule has 1 aromatic carbocycles. The van der Waals surface area contributed by atoms with Crippen LogP contribution in [0.25, 0.3) is 0 Å². The Balaban J connectivity index is 0.00000800. The van der Waals surface area contributed by atoms with E-state index in [0.29, 0.717) is 38.8 Å². The van der Waals surface area contributed by atoms with Crippen molar-refractivity contribution in [2.75, 3.05) is 19.6 Å². The number of guanidine groups is 1. The van der Waals surface area contributed by atoms with Crippen LogP contribution in [-0.2, 0) is 20.9 Å². The van der Waals surface area contributed by atoms with Crippen LogP contribution in [0.15, 0.2) is 40.3 Å². The Morgan fingerprint density at radius 3 is 2.45 bits per heavy atom. The molecule has 0 saturated carbocycles. The first-order valence-corrected chi connectivity index (χ1v) is 13.5. The number of nitrogens with zero attached hydrogens (tertiary/aromatic N) is 3. The molecule has 0 radical (unpaired) electrons. The highest BCUT2D eigenvalue weighted by Crippen LogP contribution is 2.20. The zero-order chi connectivity index (χ0) is 28.8. The normalized spacial score (nSPS) is 16.4. The summed E-state index contributed by atoms with van der Waals surface area (Å²) < 4.78 is 5.30. The van der Waals surface area contributed by atoms with Crippen LogP contribution in [-0.4, -0.2) is 72.4 Å². The largest absolute Gasteiger partial charge is 0.861 e. The van der Waals surface area contributed by atoms with Gasteiger partial charge in [-0.25, -0.2) is 4.79 Å². The number of carbonyl (C=O) groups excluding carboxylic acids is 3. The molecule has 1 fully saturated rings. The summed E-state index contributed by atoms with van der Waals surface area (Å²) in [4.78, 5) is 48.9. The summed E-state index contributed by atoms with van der Waals surface area (Å²) >= 11 is 0. The van der Waals surface area contributed by atoms with E-state index in [-0.39, 0.29) is 55.7 Å². The van der Waals surface area contributed by atoms with Crippen molar-refractivity contribution < 1.29 is 24.2 Å². The number of benzene rings is 1. The first-order valence-electron chi connectivity index (χ1n) is 13.5. The number of alkyl carbamates (subject to hydrolysis) is 1. The number of nitrogens with two attached hydrogens (primary N) is 2. The van der Waals surface area contributed by atoms with Gasteiger partial charge in [0.1, 0.15) is 18.7 Å². The highest BCUT2D eigenvalue weighted by Gasteiger charge is 2.35. The Morgan fingerprint density at radius 1 is 1.12 bits per heavy atom. The van der Waals surface area contributed by atoms with E-state index in [1.165, 1.54) is 4.90 Å². The lowest BCUT2D eigenvalue weighted by Gasteiger charge is -2.32. The molecule has 0 aromatic heterocycles. The minimum atomic E-state index is -0.932. The van der Waals surface area contributed by atoms with Crippen LogP contribution in [0.4, 0.5) is 4.79 Å². The molecule has 3 amide bonds. The number of amides is 3. The highest BCUT2D eigenvalue weighted by atomic mass is 35.5. The second-order valence-electron chi connectivity index (χ2n) is 9.90. The smallest absolute Gasteiger partial charge is 0.408 e. The standard InChI is InChI=1S/C27H43N7O5.ClH/c1-4-30-24(36)22-13-9-15-34(22)25(37)20(12-8-14-31-26(28)29)32-23(35)21(16-18(2)3)33-27(38)39-17-19-10-6-5-7-11-19;/h5-7,10-11,18,20-22H,4,8-9,12-17H2,1-3H3,(H,30,36)(H,32,35)(H,33,38)(H4,28,29,31);1H/p-1/t20-,21-,22-;/m0./s1. The van der Waals surface area contributed by atoms with Crippen LogP contribution >= 0.6 is 12.4 Å². The van der Waals surface area contributed by atoms with Crippen molar-refractivity contribution in [1.29, 1.82) is 0 Å². The summed E-state index contributed by atoms with van der Waals surface area (Å²) in [6.45, 7) is 6.67. The predicted molar refractivity (Wildman–Crippen MR) is 155 cm³/mol. The molecule has 1 heterocycles. The fourth-order valence-corrected chi connectivity index (χ4v) is 4.39. The maximum absolute atomic E-state index is 13.6. The van der Waals surface area contributed by atoms with Gasteiger partial charge in [-0.2, -0.15) is 0 Å². The Labute approximate surface area is 242 Å². The molecule has 0 bridgehead atoms. The molecule has 3 atom stereocenters. The minimum absolute atomic E-state index is 0. The topological polar surface area (TPSA) is 188 Å². The van der Waals surface area contributed by atoms with Crippen molar-refractivity contribution in [3.8, 4) is 0 Å². The van der Waals surface area contributed by atoms with E-state index in [1.807, 2.05) is 44.2 Å². The number of aliphatic imine (C=N–C) groups is 2. The van der Waals surface area contributed by atoms with Crippen LogP contribution in [0.2, 0.25) is 0 Å². The number of likely N-dealkylation sites (tertiary alicyclic amines) is 1. The summed E-state index contributed by atoms with van der Waals surface area (Å²) in [5.74, 6) is -1.22. The summed E-state index contributed by atoms with van der Waals surface area (Å²) in [5, 5.41) is 17.9. The third-order valence-corrected chi connectivity index (χ3v) is 6.22. The highest BCUT2D eigenvalue weighted by molar-refractivity contribution is 5.93. The maximum Gasteiger partial charge on any atom is 0.408 e. The first kappa shape index (κ1) is 34.5. The monoisotopic (exact) mass is 580 g/mol. The minimum Gasteiger partial charge on any atom is -0.861 e. The molecule has 12 nitrogen and oxygen atoms in total. The Kier molecular flexibility index (Phi) is 15.5. The number of hydrogen-bond donors (Lipinski definition) is 4. The molecule has 224 valence electrons. The van der Waals surface area contributed by atoms with Gasteiger partial charge in [-0.05, 0) is 56.4 Å². The van der Waals surface area contributed by atoms with Gasteiger partial charge in [0.05, 0.1) is 6.04 Å². The van der Waals surface area contributed by atoms with Gasteiger partial charge in [0.15, 0.2) is 5.96 Å². The van der Waals surface area contributed by atoms with E-state index in [0.717, 1.165) is 5.56 Å². The van der Waals surface area contributed by atoms with Crippen molar-refractivity contribution in [2.45, 2.75) is 77.6 Å². The van der Waals surface area contributed by atoms with E-state index < -0.39 is 30.1 Å². The number of hydrogen-bond acceptors (Lipinski definition) is 7. The first-order chi connectivity index (χ1) is 18.6. The second-order valence-corrected chi connectivity index (χ2v) is 9.90. The Hall–Kier alpha value is -3.54. The molecule has 6 N–H and O–H groups in total. The lowest BCUT2D eigenvalue weighted by molar-refractivity contribution is -0.224. The molecule has 13 heteroatoms. The third-order valence-electron chi connectivity index (χ3n) is 6.22. The summed E-state index contributed by atoms with van der Waals surface area (Å²) in [7, 11) is 0. The van der Waals surface area contributed by atoms with Crippen molar-refractivity contribution in [2.24, 2.45) is 27.4 Å². The molecule has 1 aromatic rings. The van der Waals surface area contributed by atoms with Crippen molar-refractivity contribution >= 4 is 42.2 Å². The molecule has 0 unspecified atom stereocenters. The van der Waals surface area contributed by atoms with Crippen LogP contribution < -0.4 is 27.2 Å². The average Bonchev–Trinajstić information content (AvgIpc) is 3.39. The average molecular weight is 581 g/mol. The van der Waals surface area contributed by atoms with Gasteiger partial charge in [0.2, 0.25) is 11.8 Å². The summed E-state index contributed by atoms with van der Waals surface area (Å²) in [6, 6.07) is 6.69. The summed E-state index contributed by atoms with van der Waals surface area (Å²) in [6.07, 6.45) is 1.45. The van der Waals surface area contributed by atoms with Crippen molar-refractivity contribution in [1.82, 2.24) is 15.5 Å². The van der Waals surface area contributed by atoms with Crippen LogP contribution in [0.3, 0.4) is 0 Å².